The summed E-state index contributed by atoms with van der Waals surface area (Å²) in [5.74, 6) is 2.39. The van der Waals surface area contributed by atoms with Gasteiger partial charge >= 0.3 is 6.16 Å². The molecule has 2 aliphatic heterocycles. The van der Waals surface area contributed by atoms with Crippen LogP contribution in [0.3, 0.4) is 0 Å². The van der Waals surface area contributed by atoms with Crippen LogP contribution < -0.4 is 14.2 Å². The van der Waals surface area contributed by atoms with Crippen molar-refractivity contribution in [3.05, 3.63) is 89.5 Å². The van der Waals surface area contributed by atoms with Crippen LogP contribution in [0.2, 0.25) is 0 Å². The standard InChI is InChI=1S/C35H43NO8/c1-35(2,3)43-34(37)44-36-17-16-30(33(23-36)42-25-27-10-15-31-32(22-27)41-21-20-40-31)28-11-13-29(14-12-28)39-19-7-18-38-24-26-8-5-4-6-9-26/h4-6,8-15,22,30,33H,7,16-21,23-25H2,1-3H3. The second-order valence-corrected chi connectivity index (χ2v) is 12.0. The highest BCUT2D eigenvalue weighted by Gasteiger charge is 2.34. The van der Waals surface area contributed by atoms with E-state index < -0.39 is 11.8 Å². The molecule has 0 amide bonds. The van der Waals surface area contributed by atoms with Gasteiger partial charge in [0.15, 0.2) is 11.5 Å². The van der Waals surface area contributed by atoms with Gasteiger partial charge in [-0.25, -0.2) is 4.79 Å². The Bertz CT molecular complexity index is 1320. The van der Waals surface area contributed by atoms with Crippen LogP contribution in [0.1, 0.15) is 56.2 Å². The molecule has 0 saturated carbocycles. The van der Waals surface area contributed by atoms with Gasteiger partial charge < -0.3 is 33.3 Å². The Kier molecular flexibility index (Phi) is 11.0. The van der Waals surface area contributed by atoms with Crippen molar-refractivity contribution in [1.82, 2.24) is 5.06 Å². The number of carbonyl (C=O) groups excluding carboxylic acids is 1. The molecular weight excluding hydrogens is 562 g/mol. The van der Waals surface area contributed by atoms with E-state index in [1.165, 1.54) is 5.56 Å². The summed E-state index contributed by atoms with van der Waals surface area (Å²) < 4.78 is 35.0. The molecule has 236 valence electrons. The summed E-state index contributed by atoms with van der Waals surface area (Å²) in [6, 6.07) is 24.2. The number of rotatable bonds is 12. The number of ether oxygens (including phenoxy) is 6. The van der Waals surface area contributed by atoms with Crippen LogP contribution >= 0.6 is 0 Å². The van der Waals surface area contributed by atoms with Gasteiger partial charge in [0.05, 0.1) is 39.1 Å². The largest absolute Gasteiger partial charge is 0.528 e. The van der Waals surface area contributed by atoms with E-state index in [0.717, 1.165) is 41.2 Å². The Morgan fingerprint density at radius 1 is 0.886 bits per heavy atom. The molecule has 1 fully saturated rings. The quantitative estimate of drug-likeness (QED) is 0.166. The van der Waals surface area contributed by atoms with Crippen molar-refractivity contribution in [1.29, 1.82) is 0 Å². The van der Waals surface area contributed by atoms with Crippen molar-refractivity contribution < 1.29 is 38.1 Å². The molecule has 44 heavy (non-hydrogen) atoms. The van der Waals surface area contributed by atoms with Crippen molar-refractivity contribution in [2.75, 3.05) is 39.5 Å². The van der Waals surface area contributed by atoms with Crippen LogP contribution in [0.5, 0.6) is 17.2 Å². The molecule has 0 N–H and O–H groups in total. The predicted octanol–water partition coefficient (Wildman–Crippen LogP) is 6.68. The first-order valence-electron chi connectivity index (χ1n) is 15.3. The van der Waals surface area contributed by atoms with Gasteiger partial charge in [-0.1, -0.05) is 48.5 Å². The summed E-state index contributed by atoms with van der Waals surface area (Å²) >= 11 is 0. The zero-order valence-corrected chi connectivity index (χ0v) is 25.9. The van der Waals surface area contributed by atoms with Crippen LogP contribution in [-0.4, -0.2) is 62.4 Å². The fourth-order valence-corrected chi connectivity index (χ4v) is 5.20. The molecule has 3 aromatic carbocycles. The molecule has 5 rings (SSSR count). The highest BCUT2D eigenvalue weighted by atomic mass is 16.8. The monoisotopic (exact) mass is 605 g/mol. The Labute approximate surface area is 259 Å². The van der Waals surface area contributed by atoms with Crippen LogP contribution in [-0.2, 0) is 32.3 Å². The maximum absolute atomic E-state index is 12.4. The zero-order valence-electron chi connectivity index (χ0n) is 25.9. The van der Waals surface area contributed by atoms with E-state index in [4.69, 9.17) is 33.3 Å². The average Bonchev–Trinajstić information content (AvgIpc) is 3.01. The Hall–Kier alpha value is -3.79. The Balaban J connectivity index is 1.16. The molecular formula is C35H43NO8. The Morgan fingerprint density at radius 2 is 1.66 bits per heavy atom. The van der Waals surface area contributed by atoms with Gasteiger partial charge in [0.1, 0.15) is 24.6 Å². The third-order valence-corrected chi connectivity index (χ3v) is 7.31. The van der Waals surface area contributed by atoms with E-state index in [1.54, 1.807) is 5.06 Å². The molecule has 2 heterocycles. The molecule has 9 heteroatoms. The molecule has 0 radical (unpaired) electrons. The molecule has 0 bridgehead atoms. The number of hydrogen-bond donors (Lipinski definition) is 0. The molecule has 2 aliphatic rings. The van der Waals surface area contributed by atoms with Crippen LogP contribution in [0.15, 0.2) is 72.8 Å². The minimum atomic E-state index is -0.714. The number of hydrogen-bond acceptors (Lipinski definition) is 9. The average molecular weight is 606 g/mol. The molecule has 0 aromatic heterocycles. The van der Waals surface area contributed by atoms with E-state index >= 15 is 0 Å². The van der Waals surface area contributed by atoms with E-state index in [-0.39, 0.29) is 12.0 Å². The fraction of sp³-hybridized carbons (Fsp3) is 0.457. The minimum Gasteiger partial charge on any atom is -0.494 e. The van der Waals surface area contributed by atoms with Crippen molar-refractivity contribution in [2.45, 2.75) is 64.4 Å². The molecule has 3 aromatic rings. The van der Waals surface area contributed by atoms with Gasteiger partial charge in [-0.15, -0.1) is 5.06 Å². The van der Waals surface area contributed by atoms with Crippen molar-refractivity contribution in [2.24, 2.45) is 0 Å². The summed E-state index contributed by atoms with van der Waals surface area (Å²) in [6.45, 7) is 9.70. The number of benzene rings is 3. The van der Waals surface area contributed by atoms with Crippen LogP contribution in [0, 0.1) is 0 Å². The second kappa shape index (κ2) is 15.3. The van der Waals surface area contributed by atoms with E-state index in [9.17, 15) is 4.79 Å². The summed E-state index contributed by atoms with van der Waals surface area (Å²) in [7, 11) is 0. The summed E-state index contributed by atoms with van der Waals surface area (Å²) in [5.41, 5.74) is 2.66. The predicted molar refractivity (Wildman–Crippen MR) is 165 cm³/mol. The number of piperidine rings is 1. The molecule has 2 unspecified atom stereocenters. The molecule has 2 atom stereocenters. The summed E-state index contributed by atoms with van der Waals surface area (Å²) in [6.07, 6.45) is 0.607. The molecule has 1 saturated heterocycles. The Morgan fingerprint density at radius 3 is 2.43 bits per heavy atom. The molecule has 9 nitrogen and oxygen atoms in total. The third kappa shape index (κ3) is 9.61. The third-order valence-electron chi connectivity index (χ3n) is 7.31. The fourth-order valence-electron chi connectivity index (χ4n) is 5.20. The van der Waals surface area contributed by atoms with Crippen LogP contribution in [0.4, 0.5) is 4.79 Å². The summed E-state index contributed by atoms with van der Waals surface area (Å²) in [4.78, 5) is 17.9. The van der Waals surface area contributed by atoms with Gasteiger partial charge in [0.25, 0.3) is 0 Å². The second-order valence-electron chi connectivity index (χ2n) is 12.0. The van der Waals surface area contributed by atoms with Crippen molar-refractivity contribution >= 4 is 6.16 Å². The van der Waals surface area contributed by atoms with Gasteiger partial charge in [0.2, 0.25) is 0 Å². The minimum absolute atomic E-state index is 0.103. The lowest BCUT2D eigenvalue weighted by Gasteiger charge is -2.37. The highest BCUT2D eigenvalue weighted by Crippen LogP contribution is 2.34. The smallest absolute Gasteiger partial charge is 0.494 e. The first-order chi connectivity index (χ1) is 21.3. The van der Waals surface area contributed by atoms with Gasteiger partial charge in [-0.05, 0) is 68.1 Å². The highest BCUT2D eigenvalue weighted by molar-refractivity contribution is 5.60. The zero-order chi connectivity index (χ0) is 30.8. The van der Waals surface area contributed by atoms with E-state index in [1.807, 2.05) is 69.3 Å². The lowest BCUT2D eigenvalue weighted by Crippen LogP contribution is -2.45. The SMILES string of the molecule is CC(C)(C)OC(=O)ON1CCC(c2ccc(OCCCOCc3ccccc3)cc2)C(OCc2ccc3c(c2)OCCO3)C1. The molecule has 0 spiro atoms. The van der Waals surface area contributed by atoms with E-state index in [0.29, 0.717) is 52.7 Å². The van der Waals surface area contributed by atoms with Crippen molar-refractivity contribution in [3.63, 3.8) is 0 Å². The van der Waals surface area contributed by atoms with Gasteiger partial charge in [-0.2, -0.15) is 0 Å². The topological polar surface area (TPSA) is 84.9 Å². The lowest BCUT2D eigenvalue weighted by molar-refractivity contribution is -0.179. The number of hydroxylamine groups is 2. The normalized spacial score (nSPS) is 18.4. The van der Waals surface area contributed by atoms with E-state index in [2.05, 4.69) is 24.3 Å². The summed E-state index contributed by atoms with van der Waals surface area (Å²) in [5, 5.41) is 1.64. The van der Waals surface area contributed by atoms with Crippen molar-refractivity contribution in [3.8, 4) is 17.2 Å². The first kappa shape index (κ1) is 31.6. The lowest BCUT2D eigenvalue weighted by atomic mass is 9.87. The maximum atomic E-state index is 12.4. The number of carbonyl (C=O) groups is 1. The number of nitrogens with zero attached hydrogens (tertiary/aromatic N) is 1. The number of fused-ring (bicyclic) bond motifs is 1. The van der Waals surface area contributed by atoms with Gasteiger partial charge in [0, 0.05) is 18.9 Å². The maximum Gasteiger partial charge on any atom is 0.528 e. The molecule has 0 aliphatic carbocycles. The van der Waals surface area contributed by atoms with Gasteiger partial charge in [-0.3, -0.25) is 0 Å². The van der Waals surface area contributed by atoms with Crippen LogP contribution in [0.25, 0.3) is 0 Å². The first-order valence-corrected chi connectivity index (χ1v) is 15.3.